The molecule has 0 aliphatic rings. The van der Waals surface area contributed by atoms with Crippen LogP contribution in [0.1, 0.15) is 12.6 Å². The molecule has 0 radical (unpaired) electrons. The van der Waals surface area contributed by atoms with Gasteiger partial charge >= 0.3 is 6.03 Å². The zero-order valence-corrected chi connectivity index (χ0v) is 7.13. The smallest absolute Gasteiger partial charge is 0.332 e. The van der Waals surface area contributed by atoms with Crippen LogP contribution in [-0.4, -0.2) is 21.3 Å². The minimum Gasteiger partial charge on any atom is -0.350 e. The maximum atomic E-state index is 10.2. The summed E-state index contributed by atoms with van der Waals surface area (Å²) in [6.07, 6.45) is 0. The first-order valence-corrected chi connectivity index (χ1v) is 3.91. The predicted octanol–water partition coefficient (Wildman–Crippen LogP) is -0.0696. The first-order valence-electron chi connectivity index (χ1n) is 3.07. The first kappa shape index (κ1) is 8.60. The molecular formula is C5H7N5OS. The third-order valence-corrected chi connectivity index (χ3v) is 1.57. The van der Waals surface area contributed by atoms with Gasteiger partial charge in [0.1, 0.15) is 5.69 Å². The van der Waals surface area contributed by atoms with Crippen LogP contribution in [0.2, 0.25) is 0 Å². The van der Waals surface area contributed by atoms with Crippen molar-refractivity contribution in [3.8, 4) is 0 Å². The zero-order valence-electron chi connectivity index (χ0n) is 6.31. The van der Waals surface area contributed by atoms with Crippen molar-refractivity contribution in [2.45, 2.75) is 6.92 Å². The summed E-state index contributed by atoms with van der Waals surface area (Å²) in [7, 11) is 0. The van der Waals surface area contributed by atoms with Crippen LogP contribution in [0, 0.1) is 0 Å². The molecule has 0 aliphatic carbocycles. The van der Waals surface area contributed by atoms with E-state index in [0.29, 0.717) is 11.4 Å². The number of rotatable bonds is 2. The van der Waals surface area contributed by atoms with Gasteiger partial charge in [-0.3, -0.25) is 0 Å². The minimum absolute atomic E-state index is 0.572. The highest BCUT2D eigenvalue weighted by Crippen LogP contribution is 1.97. The molecule has 12 heavy (non-hydrogen) atoms. The number of aromatic nitrogens is 2. The van der Waals surface area contributed by atoms with E-state index in [-0.39, 0.29) is 0 Å². The number of carbonyl (C=O) groups excluding carboxylic acids is 1. The van der Waals surface area contributed by atoms with E-state index in [1.807, 2.05) is 0 Å². The molecule has 6 nitrogen and oxygen atoms in total. The highest BCUT2D eigenvalue weighted by atomic mass is 32.1. The average Bonchev–Trinajstić information content (AvgIpc) is 2.51. The van der Waals surface area contributed by atoms with Crippen LogP contribution < -0.4 is 11.2 Å². The summed E-state index contributed by atoms with van der Waals surface area (Å²) in [6, 6.07) is -0.697. The van der Waals surface area contributed by atoms with Gasteiger partial charge in [0, 0.05) is 5.38 Å². The van der Waals surface area contributed by atoms with Gasteiger partial charge in [0.15, 0.2) is 0 Å². The molecule has 7 heteroatoms. The molecular weight excluding hydrogens is 178 g/mol. The lowest BCUT2D eigenvalue weighted by atomic mass is 10.3. The van der Waals surface area contributed by atoms with Crippen LogP contribution in [0.3, 0.4) is 0 Å². The van der Waals surface area contributed by atoms with Crippen molar-refractivity contribution >= 4 is 23.3 Å². The predicted molar refractivity (Wildman–Crippen MR) is 44.8 cm³/mol. The maximum absolute atomic E-state index is 10.2. The first-order chi connectivity index (χ1) is 5.70. The lowest BCUT2D eigenvalue weighted by molar-refractivity contribution is 0.249. The summed E-state index contributed by atoms with van der Waals surface area (Å²) in [5, 5.41) is 9.13. The van der Waals surface area contributed by atoms with E-state index in [4.69, 9.17) is 5.73 Å². The minimum atomic E-state index is -0.697. The van der Waals surface area contributed by atoms with Gasteiger partial charge in [-0.25, -0.2) is 10.2 Å². The molecule has 0 aromatic carbocycles. The summed E-state index contributed by atoms with van der Waals surface area (Å²) < 4.78 is 3.64. The van der Waals surface area contributed by atoms with Crippen LogP contribution in [0.4, 0.5) is 4.79 Å². The molecule has 0 saturated carbocycles. The number of hydrogen-bond donors (Lipinski definition) is 2. The summed E-state index contributed by atoms with van der Waals surface area (Å²) in [6.45, 7) is 1.70. The van der Waals surface area contributed by atoms with Gasteiger partial charge in [0.25, 0.3) is 0 Å². The number of urea groups is 1. The largest absolute Gasteiger partial charge is 0.350 e. The fourth-order valence-corrected chi connectivity index (χ4v) is 1.02. The number of amides is 2. The maximum Gasteiger partial charge on any atom is 0.332 e. The van der Waals surface area contributed by atoms with E-state index in [1.165, 1.54) is 11.5 Å². The molecule has 0 saturated heterocycles. The SMILES string of the molecule is C/C(=N\NC(N)=O)c1csnn1. The van der Waals surface area contributed by atoms with Crippen LogP contribution >= 0.6 is 11.5 Å². The Morgan fingerprint density at radius 2 is 2.58 bits per heavy atom. The van der Waals surface area contributed by atoms with Crippen molar-refractivity contribution in [3.05, 3.63) is 11.1 Å². The molecule has 1 heterocycles. The molecule has 0 atom stereocenters. The number of nitrogens with two attached hydrogens (primary N) is 1. The Kier molecular flexibility index (Phi) is 2.70. The van der Waals surface area contributed by atoms with Gasteiger partial charge in [0.2, 0.25) is 0 Å². The van der Waals surface area contributed by atoms with Crippen molar-refractivity contribution in [1.82, 2.24) is 15.0 Å². The third-order valence-electron chi connectivity index (χ3n) is 1.06. The van der Waals surface area contributed by atoms with E-state index in [0.717, 1.165) is 0 Å². The number of carbonyl (C=O) groups is 1. The molecule has 3 N–H and O–H groups in total. The van der Waals surface area contributed by atoms with Gasteiger partial charge in [-0.15, -0.1) is 5.10 Å². The molecule has 0 aliphatic heterocycles. The fourth-order valence-electron chi connectivity index (χ4n) is 0.518. The van der Waals surface area contributed by atoms with Crippen LogP contribution in [0.25, 0.3) is 0 Å². The second kappa shape index (κ2) is 3.77. The van der Waals surface area contributed by atoms with Crippen LogP contribution in [-0.2, 0) is 0 Å². The Labute approximate surface area is 72.6 Å². The number of primary amides is 1. The molecule has 0 spiro atoms. The van der Waals surface area contributed by atoms with Crippen molar-refractivity contribution in [3.63, 3.8) is 0 Å². The van der Waals surface area contributed by atoms with E-state index in [9.17, 15) is 4.79 Å². The Balaban J connectivity index is 2.65. The number of hydrogen-bond acceptors (Lipinski definition) is 5. The Morgan fingerprint density at radius 3 is 3.08 bits per heavy atom. The molecule has 2 amide bonds. The monoisotopic (exact) mass is 185 g/mol. The van der Waals surface area contributed by atoms with Crippen LogP contribution in [0.15, 0.2) is 10.5 Å². The van der Waals surface area contributed by atoms with Gasteiger partial charge in [-0.2, -0.15) is 5.10 Å². The fraction of sp³-hybridized carbons (Fsp3) is 0.200. The van der Waals surface area contributed by atoms with E-state index < -0.39 is 6.03 Å². The van der Waals surface area contributed by atoms with Crippen LogP contribution in [0.5, 0.6) is 0 Å². The summed E-state index contributed by atoms with van der Waals surface area (Å²) in [5.74, 6) is 0. The molecule has 1 rings (SSSR count). The molecule has 64 valence electrons. The normalized spacial score (nSPS) is 11.2. The van der Waals surface area contributed by atoms with Crippen molar-refractivity contribution in [1.29, 1.82) is 0 Å². The highest BCUT2D eigenvalue weighted by Gasteiger charge is 1.99. The molecule has 0 bridgehead atoms. The van der Waals surface area contributed by atoms with Crippen molar-refractivity contribution < 1.29 is 4.79 Å². The Bertz CT molecular complexity index is 293. The summed E-state index contributed by atoms with van der Waals surface area (Å²) in [5.41, 5.74) is 8.11. The zero-order chi connectivity index (χ0) is 8.97. The van der Waals surface area contributed by atoms with E-state index in [1.54, 1.807) is 12.3 Å². The molecule has 1 aromatic rings. The lowest BCUT2D eigenvalue weighted by Crippen LogP contribution is -2.25. The van der Waals surface area contributed by atoms with Crippen molar-refractivity contribution in [2.24, 2.45) is 10.8 Å². The quantitative estimate of drug-likeness (QED) is 0.499. The van der Waals surface area contributed by atoms with E-state index >= 15 is 0 Å². The molecule has 0 fully saturated rings. The second-order valence-electron chi connectivity index (χ2n) is 1.96. The Morgan fingerprint density at radius 1 is 1.83 bits per heavy atom. The standard InChI is InChI=1S/C5H7N5OS/c1-3(7-9-5(6)11)4-2-12-10-8-4/h2H,1H3,(H3,6,9,11)/b7-3+. The van der Waals surface area contributed by atoms with Gasteiger partial charge in [-0.05, 0) is 18.5 Å². The topological polar surface area (TPSA) is 93.3 Å². The number of nitrogens with zero attached hydrogens (tertiary/aromatic N) is 3. The number of nitrogens with one attached hydrogen (secondary N) is 1. The average molecular weight is 185 g/mol. The highest BCUT2D eigenvalue weighted by molar-refractivity contribution is 7.03. The van der Waals surface area contributed by atoms with Gasteiger partial charge in [0.05, 0.1) is 5.71 Å². The van der Waals surface area contributed by atoms with Crippen molar-refractivity contribution in [2.75, 3.05) is 0 Å². The number of hydrazone groups is 1. The molecule has 1 aromatic heterocycles. The van der Waals surface area contributed by atoms with E-state index in [2.05, 4.69) is 20.1 Å². The molecule has 0 unspecified atom stereocenters. The Hall–Kier alpha value is -1.50. The summed E-state index contributed by atoms with van der Waals surface area (Å²) in [4.78, 5) is 10.2. The lowest BCUT2D eigenvalue weighted by Gasteiger charge is -1.93. The third kappa shape index (κ3) is 2.27. The van der Waals surface area contributed by atoms with Gasteiger partial charge in [-0.1, -0.05) is 4.49 Å². The van der Waals surface area contributed by atoms with Gasteiger partial charge < -0.3 is 5.73 Å². The summed E-state index contributed by atoms with van der Waals surface area (Å²) >= 11 is 1.22. The second-order valence-corrected chi connectivity index (χ2v) is 2.57.